The number of aldehydes is 1. The Kier molecular flexibility index (Phi) is 22.0. The molecule has 2 aromatic carbocycles. The molecule has 2 aliphatic heterocycles. The Morgan fingerprint density at radius 1 is 0.931 bits per heavy atom. The Morgan fingerprint density at radius 2 is 1.65 bits per heavy atom. The van der Waals surface area contributed by atoms with E-state index < -0.39 is 59.1 Å². The van der Waals surface area contributed by atoms with Crippen LogP contribution in [0.25, 0.3) is 0 Å². The zero-order valence-corrected chi connectivity index (χ0v) is 43.9. The van der Waals surface area contributed by atoms with E-state index in [4.69, 9.17) is 18.9 Å². The highest BCUT2D eigenvalue weighted by Gasteiger charge is 2.50. The average molecular weight is 1010 g/mol. The van der Waals surface area contributed by atoms with Gasteiger partial charge in [-0.05, 0) is 86.9 Å². The van der Waals surface area contributed by atoms with Gasteiger partial charge in [0, 0.05) is 40.3 Å². The molecule has 18 nitrogen and oxygen atoms in total. The molecule has 2 bridgehead atoms. The van der Waals surface area contributed by atoms with Crippen LogP contribution in [-0.4, -0.2) is 152 Å². The highest BCUT2D eigenvalue weighted by Crippen LogP contribution is 2.43. The largest absolute Gasteiger partial charge is 0.493 e. The summed E-state index contributed by atoms with van der Waals surface area (Å²) in [7, 11) is 6.09. The first-order valence-electron chi connectivity index (χ1n) is 26.0. The minimum Gasteiger partial charge on any atom is -0.493 e. The second kappa shape index (κ2) is 27.6. The molecule has 0 aromatic heterocycles. The Balaban J connectivity index is 1.19. The SMILES string of the molecule is CC[C@H](C)[C@@H]([C@@H](CC(=O)N1CCC[C@H]1[C@H](OC)[C@@H](C)C(=O)NC(Cc1ccccc1)C(=O)OC)OC)N(C)C(=O)[C@@H](NC(=O)[C@@H]1[C@H]2CC[C@H](C2)N1CCCCCCOc1ccc(C=O)c([N+](=O)[O-])c1)C(C)C. The van der Waals surface area contributed by atoms with Crippen molar-refractivity contribution >= 4 is 41.6 Å². The van der Waals surface area contributed by atoms with Gasteiger partial charge in [-0.1, -0.05) is 84.2 Å². The number of rotatable bonds is 29. The molecule has 11 atom stereocenters. The lowest BCUT2D eigenvalue weighted by molar-refractivity contribution is -0.385. The number of esters is 1. The van der Waals surface area contributed by atoms with Crippen LogP contribution in [0.2, 0.25) is 0 Å². The second-order valence-corrected chi connectivity index (χ2v) is 20.4. The number of carbonyl (C=O) groups excluding carboxylic acids is 6. The summed E-state index contributed by atoms with van der Waals surface area (Å²) in [6, 6.07) is 10.9. The van der Waals surface area contributed by atoms with E-state index >= 15 is 0 Å². The third-order valence-electron chi connectivity index (χ3n) is 15.5. The van der Waals surface area contributed by atoms with Crippen molar-refractivity contribution in [1.82, 2.24) is 25.3 Å². The molecule has 2 saturated heterocycles. The molecule has 0 radical (unpaired) electrons. The fourth-order valence-electron chi connectivity index (χ4n) is 11.3. The van der Waals surface area contributed by atoms with Crippen molar-refractivity contribution in [2.45, 2.75) is 160 Å². The summed E-state index contributed by atoms with van der Waals surface area (Å²) < 4.78 is 22.9. The molecule has 2 N–H and O–H groups in total. The van der Waals surface area contributed by atoms with Crippen molar-refractivity contribution in [3.05, 3.63) is 69.8 Å². The third kappa shape index (κ3) is 14.4. The quantitative estimate of drug-likeness (QED) is 0.0307. The number of fused-ring (bicyclic) bond motifs is 2. The summed E-state index contributed by atoms with van der Waals surface area (Å²) in [5, 5.41) is 17.4. The monoisotopic (exact) mass is 1000 g/mol. The number of piperidine rings is 1. The molecule has 18 heteroatoms. The third-order valence-corrected chi connectivity index (χ3v) is 15.5. The second-order valence-electron chi connectivity index (χ2n) is 20.4. The van der Waals surface area contributed by atoms with Crippen LogP contribution in [0.15, 0.2) is 48.5 Å². The van der Waals surface area contributed by atoms with E-state index in [1.807, 2.05) is 58.0 Å². The number of likely N-dealkylation sites (tertiary alicyclic amines) is 2. The lowest BCUT2D eigenvalue weighted by atomic mass is 9.89. The van der Waals surface area contributed by atoms with Gasteiger partial charge in [-0.2, -0.15) is 0 Å². The van der Waals surface area contributed by atoms with Gasteiger partial charge in [-0.3, -0.25) is 39.0 Å². The van der Waals surface area contributed by atoms with Crippen molar-refractivity contribution in [3.8, 4) is 5.75 Å². The van der Waals surface area contributed by atoms with Gasteiger partial charge in [0.05, 0.1) is 72.9 Å². The summed E-state index contributed by atoms with van der Waals surface area (Å²) >= 11 is 0. The number of hydrogen-bond acceptors (Lipinski definition) is 13. The predicted molar refractivity (Wildman–Crippen MR) is 271 cm³/mol. The number of benzene rings is 2. The van der Waals surface area contributed by atoms with Gasteiger partial charge in [0.15, 0.2) is 6.29 Å². The Labute approximate surface area is 425 Å². The fraction of sp³-hybridized carbons (Fsp3) is 0.667. The van der Waals surface area contributed by atoms with E-state index in [0.29, 0.717) is 50.5 Å². The lowest BCUT2D eigenvalue weighted by Crippen LogP contribution is -2.60. The molecule has 72 heavy (non-hydrogen) atoms. The van der Waals surface area contributed by atoms with Crippen molar-refractivity contribution in [2.24, 2.45) is 23.7 Å². The van der Waals surface area contributed by atoms with Crippen LogP contribution in [0.1, 0.15) is 121 Å². The van der Waals surface area contributed by atoms with Gasteiger partial charge in [-0.15, -0.1) is 0 Å². The van der Waals surface area contributed by atoms with E-state index in [-0.39, 0.29) is 65.6 Å². The number of nitro benzene ring substituents is 1. The minimum absolute atomic E-state index is 0.000909. The summed E-state index contributed by atoms with van der Waals surface area (Å²) in [5.41, 5.74) is 0.578. The highest BCUT2D eigenvalue weighted by molar-refractivity contribution is 5.91. The number of nitrogens with zero attached hydrogens (tertiary/aromatic N) is 4. The topological polar surface area (TPSA) is 216 Å². The maximum atomic E-state index is 14.7. The molecule has 5 rings (SSSR count). The standard InChI is InChI=1S/C54H80N6O12/c1-10-35(4)48(45(69-7)32-46(62)59-27-18-21-43(59)50(70-8)36(5)51(63)55-42(54(66)71-9)29-37-19-14-13-15-20-37)57(6)53(65)47(34(2)3)56-52(64)49-38-22-24-40(30-38)58(49)26-16-11-12-17-28-72-41-25-23-39(33-61)44(31-41)60(67)68/h13-15,19-20,23,25,31,33-36,38,40,42-43,45,47-50H,10-12,16-18,21-22,24,26-30,32H2,1-9H3,(H,55,63)(H,56,64)/t35-,36+,38-,40+,42?,43-,45+,47-,48-,49-,50+/m0/s1. The summed E-state index contributed by atoms with van der Waals surface area (Å²) in [5.74, 6) is -2.02. The number of unbranched alkanes of at least 4 members (excludes halogenated alkanes) is 3. The van der Waals surface area contributed by atoms with E-state index in [0.717, 1.165) is 57.1 Å². The number of amides is 4. The van der Waals surface area contributed by atoms with Crippen LogP contribution in [-0.2, 0) is 44.6 Å². The zero-order chi connectivity index (χ0) is 52.6. The molecule has 398 valence electrons. The number of hydrogen-bond donors (Lipinski definition) is 2. The molecule has 3 aliphatic rings. The van der Waals surface area contributed by atoms with Gasteiger partial charge in [0.25, 0.3) is 5.69 Å². The Bertz CT molecular complexity index is 2140. The van der Waals surface area contributed by atoms with Crippen LogP contribution in [0.4, 0.5) is 5.69 Å². The molecule has 1 saturated carbocycles. The molecule has 1 aliphatic carbocycles. The first-order valence-corrected chi connectivity index (χ1v) is 26.0. The fourth-order valence-corrected chi connectivity index (χ4v) is 11.3. The Morgan fingerprint density at radius 3 is 2.29 bits per heavy atom. The van der Waals surface area contributed by atoms with Gasteiger partial charge in [0.1, 0.15) is 17.8 Å². The number of likely N-dealkylation sites (N-methyl/N-ethyl adjacent to an activating group) is 1. The summed E-state index contributed by atoms with van der Waals surface area (Å²) in [4.78, 5) is 97.8. The lowest BCUT2D eigenvalue weighted by Gasteiger charge is -2.41. The number of ether oxygens (including phenoxy) is 4. The van der Waals surface area contributed by atoms with E-state index in [1.54, 1.807) is 36.9 Å². The number of nitro groups is 1. The van der Waals surface area contributed by atoms with Gasteiger partial charge >= 0.3 is 5.97 Å². The van der Waals surface area contributed by atoms with Gasteiger partial charge < -0.3 is 39.4 Å². The number of methoxy groups -OCH3 is 3. The molecule has 2 heterocycles. The van der Waals surface area contributed by atoms with Crippen molar-refractivity contribution in [2.75, 3.05) is 48.1 Å². The highest BCUT2D eigenvalue weighted by atomic mass is 16.6. The van der Waals surface area contributed by atoms with Crippen molar-refractivity contribution < 1.29 is 52.6 Å². The van der Waals surface area contributed by atoms with Crippen LogP contribution in [0.5, 0.6) is 5.75 Å². The van der Waals surface area contributed by atoms with Crippen LogP contribution >= 0.6 is 0 Å². The van der Waals surface area contributed by atoms with Crippen molar-refractivity contribution in [1.29, 1.82) is 0 Å². The normalized spacial score (nSPS) is 21.5. The molecule has 3 fully saturated rings. The first kappa shape index (κ1) is 57.4. The number of carbonyl (C=O) groups is 6. The van der Waals surface area contributed by atoms with Crippen LogP contribution in [0.3, 0.4) is 0 Å². The molecule has 0 spiro atoms. The summed E-state index contributed by atoms with van der Waals surface area (Å²) in [6.45, 7) is 11.2. The smallest absolute Gasteiger partial charge is 0.328 e. The van der Waals surface area contributed by atoms with E-state index in [9.17, 15) is 38.9 Å². The molecule has 2 aromatic rings. The van der Waals surface area contributed by atoms with Crippen LogP contribution in [0, 0.1) is 33.8 Å². The van der Waals surface area contributed by atoms with E-state index in [1.165, 1.54) is 26.4 Å². The Hall–Kier alpha value is -5.46. The molecule has 4 amide bonds. The zero-order valence-electron chi connectivity index (χ0n) is 43.9. The number of nitrogens with one attached hydrogen (secondary N) is 2. The minimum atomic E-state index is -0.913. The maximum Gasteiger partial charge on any atom is 0.328 e. The van der Waals surface area contributed by atoms with Crippen LogP contribution < -0.4 is 15.4 Å². The summed E-state index contributed by atoms with van der Waals surface area (Å²) in [6.07, 6.45) is 7.67. The molecular formula is C54H80N6O12. The molecular weight excluding hydrogens is 925 g/mol. The van der Waals surface area contributed by atoms with Gasteiger partial charge in [-0.25, -0.2) is 4.79 Å². The maximum absolute atomic E-state index is 14.7. The van der Waals surface area contributed by atoms with Crippen molar-refractivity contribution in [3.63, 3.8) is 0 Å². The molecule has 1 unspecified atom stereocenters. The first-order chi connectivity index (χ1) is 34.5. The van der Waals surface area contributed by atoms with E-state index in [2.05, 4.69) is 15.5 Å². The average Bonchev–Trinajstić information content (AvgIpc) is 4.15. The van der Waals surface area contributed by atoms with Gasteiger partial charge in [0.2, 0.25) is 23.6 Å². The predicted octanol–water partition coefficient (Wildman–Crippen LogP) is 6.16.